The molecule has 142 valence electrons. The number of hydrogen-bond donors (Lipinski definition) is 0. The van der Waals surface area contributed by atoms with Crippen molar-refractivity contribution in [1.82, 2.24) is 14.8 Å². The summed E-state index contributed by atoms with van der Waals surface area (Å²) in [6.07, 6.45) is 1.71. The van der Waals surface area contributed by atoms with E-state index in [1.165, 1.54) is 28.8 Å². The molecule has 0 unspecified atom stereocenters. The number of aromatic nitrogens is 3. The summed E-state index contributed by atoms with van der Waals surface area (Å²) in [6, 6.07) is 15.8. The first-order valence-electron chi connectivity index (χ1n) is 8.62. The van der Waals surface area contributed by atoms with E-state index in [1.54, 1.807) is 18.5 Å². The zero-order chi connectivity index (χ0) is 19.9. The van der Waals surface area contributed by atoms with Gasteiger partial charge in [-0.1, -0.05) is 42.1 Å². The van der Waals surface area contributed by atoms with Crippen LogP contribution in [0.4, 0.5) is 10.1 Å². The minimum Gasteiger partial charge on any atom is -0.308 e. The molecule has 3 rings (SSSR count). The van der Waals surface area contributed by atoms with Gasteiger partial charge >= 0.3 is 0 Å². The Kier molecular flexibility index (Phi) is 6.40. The van der Waals surface area contributed by atoms with Crippen molar-refractivity contribution in [2.24, 2.45) is 0 Å². The summed E-state index contributed by atoms with van der Waals surface area (Å²) in [6.45, 7) is 2.11. The summed E-state index contributed by atoms with van der Waals surface area (Å²) >= 11 is 1.22. The van der Waals surface area contributed by atoms with Crippen molar-refractivity contribution in [1.29, 1.82) is 5.26 Å². The van der Waals surface area contributed by atoms with Gasteiger partial charge in [0.25, 0.3) is 0 Å². The number of thioether (sulfide) groups is 1. The number of nitrogens with zero attached hydrogens (tertiary/aromatic N) is 5. The average Bonchev–Trinajstić information content (AvgIpc) is 3.16. The molecule has 0 fully saturated rings. The van der Waals surface area contributed by atoms with E-state index in [2.05, 4.69) is 10.2 Å². The summed E-state index contributed by atoms with van der Waals surface area (Å²) < 4.78 is 16.0. The second kappa shape index (κ2) is 9.15. The second-order valence-electron chi connectivity index (χ2n) is 5.96. The molecule has 8 heteroatoms. The summed E-state index contributed by atoms with van der Waals surface area (Å²) in [4.78, 5) is 14.1. The van der Waals surface area contributed by atoms with Crippen LogP contribution < -0.4 is 4.90 Å². The number of carbonyl (C=O) groups is 1. The van der Waals surface area contributed by atoms with Crippen molar-refractivity contribution >= 4 is 23.4 Å². The zero-order valence-electron chi connectivity index (χ0n) is 15.2. The van der Waals surface area contributed by atoms with E-state index in [1.807, 2.05) is 41.8 Å². The number of anilines is 1. The monoisotopic (exact) mass is 395 g/mol. The maximum atomic E-state index is 14.2. The number of halogens is 1. The van der Waals surface area contributed by atoms with Gasteiger partial charge in [0.2, 0.25) is 5.91 Å². The number of aryl methyl sites for hydroxylation is 1. The lowest BCUT2D eigenvalue weighted by atomic mass is 10.2. The fourth-order valence-electron chi connectivity index (χ4n) is 2.74. The Hall–Kier alpha value is -3.18. The van der Waals surface area contributed by atoms with Gasteiger partial charge in [-0.3, -0.25) is 9.36 Å². The van der Waals surface area contributed by atoms with Crippen LogP contribution >= 0.6 is 11.8 Å². The summed E-state index contributed by atoms with van der Waals surface area (Å²) in [5.41, 5.74) is 2.15. The Labute approximate surface area is 166 Å². The summed E-state index contributed by atoms with van der Waals surface area (Å²) in [5, 5.41) is 17.5. The van der Waals surface area contributed by atoms with Gasteiger partial charge in [-0.15, -0.1) is 10.2 Å². The van der Waals surface area contributed by atoms with Gasteiger partial charge in [-0.05, 0) is 30.7 Å². The number of amides is 1. The van der Waals surface area contributed by atoms with Crippen molar-refractivity contribution in [2.45, 2.75) is 18.5 Å². The zero-order valence-corrected chi connectivity index (χ0v) is 16.1. The van der Waals surface area contributed by atoms with Crippen molar-refractivity contribution in [3.63, 3.8) is 0 Å². The average molecular weight is 395 g/mol. The number of hydrogen-bond acceptors (Lipinski definition) is 5. The molecule has 0 aliphatic rings. The van der Waals surface area contributed by atoms with Gasteiger partial charge in [-0.25, -0.2) is 4.39 Å². The number of para-hydroxylation sites is 2. The van der Waals surface area contributed by atoms with Crippen LogP contribution in [0.15, 0.2) is 60.0 Å². The first kappa shape index (κ1) is 19.6. The molecule has 0 spiro atoms. The highest BCUT2D eigenvalue weighted by molar-refractivity contribution is 7.99. The molecule has 0 radical (unpaired) electrons. The van der Waals surface area contributed by atoms with Gasteiger partial charge in [0.15, 0.2) is 5.16 Å². The highest BCUT2D eigenvalue weighted by Crippen LogP contribution is 2.24. The van der Waals surface area contributed by atoms with Crippen LogP contribution in [0.5, 0.6) is 0 Å². The molecule has 0 aliphatic heterocycles. The molecule has 0 aliphatic carbocycles. The number of nitriles is 1. The van der Waals surface area contributed by atoms with Gasteiger partial charge in [0.05, 0.1) is 29.6 Å². The van der Waals surface area contributed by atoms with E-state index >= 15 is 0 Å². The molecule has 1 aromatic heterocycles. The summed E-state index contributed by atoms with van der Waals surface area (Å²) in [5.74, 6) is -0.754. The Morgan fingerprint density at radius 3 is 2.75 bits per heavy atom. The molecule has 0 saturated carbocycles. The third-order valence-corrected chi connectivity index (χ3v) is 5.04. The van der Waals surface area contributed by atoms with Crippen molar-refractivity contribution < 1.29 is 9.18 Å². The van der Waals surface area contributed by atoms with E-state index < -0.39 is 5.82 Å². The normalized spacial score (nSPS) is 10.5. The molecule has 2 aromatic carbocycles. The molecule has 6 nitrogen and oxygen atoms in total. The molecular formula is C20H18FN5OS. The topological polar surface area (TPSA) is 74.8 Å². The molecular weight excluding hydrogens is 377 g/mol. The Morgan fingerprint density at radius 2 is 2.00 bits per heavy atom. The van der Waals surface area contributed by atoms with E-state index in [-0.39, 0.29) is 30.3 Å². The first-order chi connectivity index (χ1) is 13.6. The van der Waals surface area contributed by atoms with Crippen LogP contribution in [0.1, 0.15) is 12.0 Å². The first-order valence-corrected chi connectivity index (χ1v) is 9.61. The fourth-order valence-corrected chi connectivity index (χ4v) is 3.54. The van der Waals surface area contributed by atoms with Gasteiger partial charge in [0.1, 0.15) is 12.1 Å². The molecule has 3 aromatic rings. The minimum absolute atomic E-state index is 0.0460. The smallest absolute Gasteiger partial charge is 0.237 e. The number of carbonyl (C=O) groups excluding carboxylic acids is 1. The quantitative estimate of drug-likeness (QED) is 0.570. The van der Waals surface area contributed by atoms with Crippen LogP contribution in [-0.2, 0) is 4.79 Å². The third-order valence-electron chi connectivity index (χ3n) is 4.11. The SMILES string of the molecule is Cc1ccccc1-n1cnnc1SCC(=O)N(CCC#N)c1ccccc1F. The van der Waals surface area contributed by atoms with E-state index in [9.17, 15) is 9.18 Å². The van der Waals surface area contributed by atoms with Gasteiger partial charge in [-0.2, -0.15) is 5.26 Å². The number of rotatable bonds is 7. The molecule has 1 amide bonds. The maximum Gasteiger partial charge on any atom is 0.237 e. The van der Waals surface area contributed by atoms with E-state index in [0.29, 0.717) is 5.16 Å². The van der Waals surface area contributed by atoms with Crippen LogP contribution in [0.3, 0.4) is 0 Å². The van der Waals surface area contributed by atoms with Crippen LogP contribution in [0.25, 0.3) is 5.69 Å². The molecule has 0 atom stereocenters. The van der Waals surface area contributed by atoms with Crippen LogP contribution in [-0.4, -0.2) is 33.0 Å². The summed E-state index contributed by atoms with van der Waals surface area (Å²) in [7, 11) is 0. The molecule has 0 saturated heterocycles. The lowest BCUT2D eigenvalue weighted by Crippen LogP contribution is -2.34. The Balaban J connectivity index is 1.78. The molecule has 0 bridgehead atoms. The third kappa shape index (κ3) is 4.38. The second-order valence-corrected chi connectivity index (χ2v) is 6.91. The predicted molar refractivity (Wildman–Crippen MR) is 106 cm³/mol. The molecule has 28 heavy (non-hydrogen) atoms. The van der Waals surface area contributed by atoms with E-state index in [0.717, 1.165) is 11.3 Å². The highest BCUT2D eigenvalue weighted by Gasteiger charge is 2.20. The maximum absolute atomic E-state index is 14.2. The molecule has 1 heterocycles. The van der Waals surface area contributed by atoms with Crippen LogP contribution in [0, 0.1) is 24.1 Å². The fraction of sp³-hybridized carbons (Fsp3) is 0.200. The Morgan fingerprint density at radius 1 is 1.25 bits per heavy atom. The molecule has 0 N–H and O–H groups in total. The van der Waals surface area contributed by atoms with Gasteiger partial charge < -0.3 is 4.90 Å². The standard InChI is InChI=1S/C20H18FN5OS/c1-15-7-2-4-9-17(15)26-14-23-24-20(26)28-13-19(27)25(12-6-11-22)18-10-5-3-8-16(18)21/h2-5,7-10,14H,6,12-13H2,1H3. The largest absolute Gasteiger partial charge is 0.308 e. The van der Waals surface area contributed by atoms with Gasteiger partial charge in [0, 0.05) is 6.54 Å². The lowest BCUT2D eigenvalue weighted by Gasteiger charge is -2.22. The highest BCUT2D eigenvalue weighted by atomic mass is 32.2. The van der Waals surface area contributed by atoms with Crippen molar-refractivity contribution in [2.75, 3.05) is 17.2 Å². The Bertz CT molecular complexity index is 1010. The lowest BCUT2D eigenvalue weighted by molar-refractivity contribution is -0.116. The predicted octanol–water partition coefficient (Wildman–Crippen LogP) is 3.75. The van der Waals surface area contributed by atoms with Crippen molar-refractivity contribution in [3.8, 4) is 11.8 Å². The number of benzene rings is 2. The van der Waals surface area contributed by atoms with E-state index in [4.69, 9.17) is 5.26 Å². The van der Waals surface area contributed by atoms with Crippen molar-refractivity contribution in [3.05, 3.63) is 66.2 Å². The van der Waals surface area contributed by atoms with Crippen LogP contribution in [0.2, 0.25) is 0 Å². The minimum atomic E-state index is -0.498.